The summed E-state index contributed by atoms with van der Waals surface area (Å²) >= 11 is 0. The van der Waals surface area contributed by atoms with Crippen LogP contribution in [0.5, 0.6) is 0 Å². The van der Waals surface area contributed by atoms with Crippen LogP contribution in [0.1, 0.15) is 67.3 Å². The quantitative estimate of drug-likeness (QED) is 0.390. The van der Waals surface area contributed by atoms with Gasteiger partial charge in [0.15, 0.2) is 0 Å². The summed E-state index contributed by atoms with van der Waals surface area (Å²) < 4.78 is 41.4. The summed E-state index contributed by atoms with van der Waals surface area (Å²) in [5.41, 5.74) is 1.15. The van der Waals surface area contributed by atoms with E-state index in [4.69, 9.17) is 0 Å². The normalized spacial score (nSPS) is 22.4. The monoisotopic (exact) mass is 581 g/mol. The van der Waals surface area contributed by atoms with Crippen LogP contribution in [0, 0.1) is 0 Å². The van der Waals surface area contributed by atoms with Gasteiger partial charge < -0.3 is 10.2 Å². The number of H-pyrrole nitrogens is 1. The number of hydrogen-bond acceptors (Lipinski definition) is 6. The number of hydrogen-bond donors (Lipinski definition) is 3. The Morgan fingerprint density at radius 3 is 2.46 bits per heavy atom. The molecule has 2 atom stereocenters. The van der Waals surface area contributed by atoms with Crippen LogP contribution in [0.4, 0.5) is 10.1 Å². The fourth-order valence-corrected chi connectivity index (χ4v) is 7.50. The number of aromatic nitrogens is 2. The smallest absolute Gasteiger partial charge is 0.264 e. The van der Waals surface area contributed by atoms with Crippen molar-refractivity contribution < 1.29 is 27.2 Å². The number of halogens is 1. The Morgan fingerprint density at radius 2 is 1.76 bits per heavy atom. The molecule has 2 aromatic carbocycles. The first-order valence-corrected chi connectivity index (χ1v) is 15.6. The number of aromatic amines is 1. The molecule has 0 bridgehead atoms. The van der Waals surface area contributed by atoms with Gasteiger partial charge in [0, 0.05) is 17.4 Å². The minimum Gasteiger partial charge on any atom is -0.327 e. The Balaban J connectivity index is 1.25. The summed E-state index contributed by atoms with van der Waals surface area (Å²) in [6.45, 7) is -0.173. The van der Waals surface area contributed by atoms with Crippen LogP contribution in [0.3, 0.4) is 0 Å². The number of benzene rings is 2. The average molecular weight is 582 g/mol. The highest BCUT2D eigenvalue weighted by Crippen LogP contribution is 2.43. The van der Waals surface area contributed by atoms with E-state index < -0.39 is 44.7 Å². The summed E-state index contributed by atoms with van der Waals surface area (Å²) in [7, 11) is -3.69. The third-order valence-electron chi connectivity index (χ3n) is 8.57. The van der Waals surface area contributed by atoms with Crippen molar-refractivity contribution >= 4 is 44.3 Å². The van der Waals surface area contributed by atoms with Gasteiger partial charge in [-0.3, -0.25) is 19.5 Å². The Morgan fingerprint density at radius 1 is 1.02 bits per heavy atom. The number of nitrogens with zero attached hydrogens (tertiary/aromatic N) is 2. The molecule has 3 amide bonds. The van der Waals surface area contributed by atoms with E-state index in [0.29, 0.717) is 42.3 Å². The summed E-state index contributed by atoms with van der Waals surface area (Å²) in [6.07, 6.45) is 4.86. The second kappa shape index (κ2) is 10.6. The maximum Gasteiger partial charge on any atom is 0.264 e. The van der Waals surface area contributed by atoms with Gasteiger partial charge >= 0.3 is 0 Å². The van der Waals surface area contributed by atoms with Crippen LogP contribution in [-0.2, 0) is 25.0 Å². The van der Waals surface area contributed by atoms with Gasteiger partial charge in [0.1, 0.15) is 12.2 Å². The molecule has 0 unspecified atom stereocenters. The van der Waals surface area contributed by atoms with Crippen molar-refractivity contribution in [3.8, 4) is 0 Å². The van der Waals surface area contributed by atoms with Gasteiger partial charge in [-0.2, -0.15) is 5.10 Å². The molecule has 2 heterocycles. The van der Waals surface area contributed by atoms with E-state index in [9.17, 15) is 27.2 Å². The number of amides is 3. The van der Waals surface area contributed by atoms with E-state index in [2.05, 4.69) is 20.2 Å². The lowest BCUT2D eigenvalue weighted by Gasteiger charge is -2.40. The zero-order chi connectivity index (χ0) is 28.8. The minimum absolute atomic E-state index is 0.0937. The molecule has 0 spiro atoms. The number of nitrogens with one attached hydrogen (secondary N) is 3. The zero-order valence-electron chi connectivity index (χ0n) is 22.4. The molecule has 12 heteroatoms. The molecule has 3 fully saturated rings. The van der Waals surface area contributed by atoms with E-state index in [1.807, 2.05) is 6.07 Å². The van der Waals surface area contributed by atoms with Gasteiger partial charge in [0.05, 0.1) is 34.6 Å². The van der Waals surface area contributed by atoms with Crippen LogP contribution in [0.25, 0.3) is 10.9 Å². The molecule has 1 aromatic heterocycles. The molecular weight excluding hydrogens is 549 g/mol. The number of carbonyl (C=O) groups excluding carboxylic acids is 3. The molecule has 216 valence electrons. The van der Waals surface area contributed by atoms with Gasteiger partial charge in [-0.25, -0.2) is 17.5 Å². The van der Waals surface area contributed by atoms with Crippen LogP contribution < -0.4 is 10.0 Å². The van der Waals surface area contributed by atoms with Crippen molar-refractivity contribution in [1.29, 1.82) is 0 Å². The molecule has 1 saturated heterocycles. The van der Waals surface area contributed by atoms with Crippen LogP contribution in [0.2, 0.25) is 0 Å². The SMILES string of the molecule is O=C(NS(=O)(=O)C1CC1)c1ccc(C2(C(=O)N3C[C@H](F)C[C@@H]3C(=O)Nc3cccc4[nH]ncc34)CCCCC2)cc1. The molecular formula is C29H32FN5O5S. The Labute approximate surface area is 237 Å². The van der Waals surface area contributed by atoms with Crippen molar-refractivity contribution in [3.05, 3.63) is 59.8 Å². The predicted octanol–water partition coefficient (Wildman–Crippen LogP) is 3.56. The molecule has 3 aliphatic rings. The lowest BCUT2D eigenvalue weighted by atomic mass is 9.68. The first-order chi connectivity index (χ1) is 19.7. The van der Waals surface area contributed by atoms with E-state index in [-0.39, 0.29) is 24.4 Å². The summed E-state index contributed by atoms with van der Waals surface area (Å²) in [4.78, 5) is 41.7. The maximum absolute atomic E-state index is 14.8. The molecule has 0 radical (unpaired) electrons. The highest BCUT2D eigenvalue weighted by Gasteiger charge is 2.49. The van der Waals surface area contributed by atoms with Gasteiger partial charge in [-0.05, 0) is 55.5 Å². The van der Waals surface area contributed by atoms with Crippen LogP contribution in [0.15, 0.2) is 48.7 Å². The van der Waals surface area contributed by atoms with Crippen LogP contribution >= 0.6 is 0 Å². The molecule has 1 aliphatic heterocycles. The zero-order valence-corrected chi connectivity index (χ0v) is 23.3. The predicted molar refractivity (Wildman–Crippen MR) is 150 cm³/mol. The number of carbonyl (C=O) groups is 3. The summed E-state index contributed by atoms with van der Waals surface area (Å²) in [5, 5.41) is 9.93. The van der Waals surface area contributed by atoms with Crippen molar-refractivity contribution in [2.75, 3.05) is 11.9 Å². The Bertz CT molecular complexity index is 1590. The molecule has 10 nitrogen and oxygen atoms in total. The van der Waals surface area contributed by atoms with E-state index in [1.54, 1.807) is 30.5 Å². The first-order valence-electron chi connectivity index (χ1n) is 14.0. The first kappa shape index (κ1) is 27.4. The molecule has 3 N–H and O–H groups in total. The average Bonchev–Trinajstić information content (AvgIpc) is 3.61. The maximum atomic E-state index is 14.8. The fraction of sp³-hybridized carbons (Fsp3) is 0.448. The van der Waals surface area contributed by atoms with E-state index in [0.717, 1.165) is 24.8 Å². The number of fused-ring (bicyclic) bond motifs is 1. The number of rotatable bonds is 7. The number of likely N-dealkylation sites (tertiary alicyclic amines) is 1. The number of sulfonamides is 1. The molecule has 41 heavy (non-hydrogen) atoms. The summed E-state index contributed by atoms with van der Waals surface area (Å²) in [6, 6.07) is 10.8. The van der Waals surface area contributed by atoms with Gasteiger partial charge in [0.2, 0.25) is 21.8 Å². The second-order valence-corrected chi connectivity index (χ2v) is 13.3. The van der Waals surface area contributed by atoms with Gasteiger partial charge in [-0.15, -0.1) is 0 Å². The minimum atomic E-state index is -3.69. The topological polar surface area (TPSA) is 141 Å². The van der Waals surface area contributed by atoms with Gasteiger partial charge in [0.25, 0.3) is 5.91 Å². The lowest BCUT2D eigenvalue weighted by Crippen LogP contribution is -2.52. The number of anilines is 1. The molecule has 2 aliphatic carbocycles. The largest absolute Gasteiger partial charge is 0.327 e. The summed E-state index contributed by atoms with van der Waals surface area (Å²) in [5.74, 6) is -1.47. The molecule has 2 saturated carbocycles. The van der Waals surface area contributed by atoms with E-state index in [1.165, 1.54) is 17.0 Å². The van der Waals surface area contributed by atoms with Crippen LogP contribution in [-0.4, -0.2) is 65.2 Å². The fourth-order valence-electron chi connectivity index (χ4n) is 6.20. The van der Waals surface area contributed by atoms with Crippen molar-refractivity contribution in [3.63, 3.8) is 0 Å². The second-order valence-electron chi connectivity index (χ2n) is 11.3. The Kier molecular flexibility index (Phi) is 7.04. The van der Waals surface area contributed by atoms with E-state index >= 15 is 0 Å². The standard InChI is InChI=1S/C29H32FN5O5S/c30-20-15-25(27(37)32-23-5-4-6-24-22(23)16-31-33-24)35(17-20)28(38)29(13-2-1-3-14-29)19-9-7-18(8-10-19)26(36)34-41(39,40)21-11-12-21/h4-10,16,20-21,25H,1-3,11-15,17H2,(H,31,33)(H,32,37)(H,34,36)/t20-,25-/m1/s1. The van der Waals surface area contributed by atoms with Crippen molar-refractivity contribution in [1.82, 2.24) is 19.8 Å². The number of alkyl halides is 1. The molecule has 6 rings (SSSR count). The third kappa shape index (κ3) is 5.20. The van der Waals surface area contributed by atoms with Gasteiger partial charge in [-0.1, -0.05) is 37.5 Å². The lowest BCUT2D eigenvalue weighted by molar-refractivity contribution is -0.143. The molecule has 3 aromatic rings. The highest BCUT2D eigenvalue weighted by atomic mass is 32.2. The highest BCUT2D eigenvalue weighted by molar-refractivity contribution is 7.91. The van der Waals surface area contributed by atoms with Crippen molar-refractivity contribution in [2.24, 2.45) is 0 Å². The Hall–Kier alpha value is -3.80. The third-order valence-corrected chi connectivity index (χ3v) is 10.4. The van der Waals surface area contributed by atoms with Crippen molar-refractivity contribution in [2.45, 2.75) is 74.2 Å².